The Kier molecular flexibility index (Phi) is 5.26. The molecule has 0 heterocycles. The predicted molar refractivity (Wildman–Crippen MR) is 84.4 cm³/mol. The Hall–Kier alpha value is -3.22. The first-order valence-corrected chi connectivity index (χ1v) is 6.89. The highest BCUT2D eigenvalue weighted by molar-refractivity contribution is 6.05. The average Bonchev–Trinajstić information content (AvgIpc) is 2.48. The number of nitrogens with two attached hydrogens (primary N) is 1. The summed E-state index contributed by atoms with van der Waals surface area (Å²) >= 11 is 0. The van der Waals surface area contributed by atoms with Crippen molar-refractivity contribution < 1.29 is 23.5 Å². The molecule has 0 aliphatic carbocycles. The van der Waals surface area contributed by atoms with Crippen LogP contribution in [-0.4, -0.2) is 16.9 Å². The van der Waals surface area contributed by atoms with Crippen LogP contribution in [0.3, 0.4) is 0 Å². The number of allylic oxidation sites excluding steroid dienone is 1. The van der Waals surface area contributed by atoms with E-state index < -0.39 is 23.4 Å². The van der Waals surface area contributed by atoms with Gasteiger partial charge < -0.3 is 16.2 Å². The minimum atomic E-state index is -0.970. The van der Waals surface area contributed by atoms with Crippen molar-refractivity contribution in [2.24, 2.45) is 5.73 Å². The molecule has 2 aromatic carbocycles. The van der Waals surface area contributed by atoms with Crippen molar-refractivity contribution in [1.82, 2.24) is 0 Å². The van der Waals surface area contributed by atoms with Crippen molar-refractivity contribution in [3.05, 3.63) is 77.1 Å². The van der Waals surface area contributed by atoms with Crippen molar-refractivity contribution in [2.45, 2.75) is 6.42 Å². The Morgan fingerprint density at radius 2 is 1.79 bits per heavy atom. The van der Waals surface area contributed by atoms with Crippen molar-refractivity contribution in [2.75, 3.05) is 5.32 Å². The highest BCUT2D eigenvalue weighted by Gasteiger charge is 2.11. The first-order chi connectivity index (χ1) is 11.3. The quantitative estimate of drug-likeness (QED) is 0.559. The van der Waals surface area contributed by atoms with Crippen LogP contribution in [0.15, 0.2) is 54.4 Å². The normalized spacial score (nSPS) is 11.2. The number of hydrogen-bond acceptors (Lipinski definition) is 4. The van der Waals surface area contributed by atoms with Gasteiger partial charge in [-0.1, -0.05) is 12.1 Å². The van der Waals surface area contributed by atoms with E-state index in [4.69, 9.17) is 10.8 Å². The van der Waals surface area contributed by atoms with E-state index in [0.717, 1.165) is 18.2 Å². The van der Waals surface area contributed by atoms with E-state index in [0.29, 0.717) is 17.3 Å². The highest BCUT2D eigenvalue weighted by Crippen LogP contribution is 2.13. The van der Waals surface area contributed by atoms with Crippen LogP contribution < -0.4 is 11.1 Å². The number of halogens is 2. The molecule has 0 saturated carbocycles. The summed E-state index contributed by atoms with van der Waals surface area (Å²) in [5.41, 5.74) is 6.53. The van der Waals surface area contributed by atoms with Crippen LogP contribution in [0.25, 0.3) is 0 Å². The van der Waals surface area contributed by atoms with Crippen LogP contribution in [0, 0.1) is 11.6 Å². The summed E-state index contributed by atoms with van der Waals surface area (Å²) in [6.07, 6.45) is 0.884. The fraction of sp³-hybridized carbons (Fsp3) is 0.0588. The lowest BCUT2D eigenvalue weighted by molar-refractivity contribution is -0.136. The van der Waals surface area contributed by atoms with Crippen LogP contribution in [-0.2, 0) is 11.2 Å². The van der Waals surface area contributed by atoms with Crippen LogP contribution >= 0.6 is 0 Å². The Labute approximate surface area is 136 Å². The second kappa shape index (κ2) is 7.36. The molecule has 0 amide bonds. The SMILES string of the molecule is N/C(=C/C(=O)c1ccc(F)cc1F)Nc1ccc(CC(=O)O)cc1. The molecule has 0 bridgehead atoms. The average molecular weight is 332 g/mol. The first kappa shape index (κ1) is 17.1. The molecule has 7 heteroatoms. The molecule has 124 valence electrons. The van der Waals surface area contributed by atoms with E-state index in [2.05, 4.69) is 5.32 Å². The number of carbonyl (C=O) groups is 2. The summed E-state index contributed by atoms with van der Waals surface area (Å²) in [6.45, 7) is 0. The van der Waals surface area contributed by atoms with Crippen LogP contribution in [0.5, 0.6) is 0 Å². The van der Waals surface area contributed by atoms with Crippen molar-refractivity contribution in [3.63, 3.8) is 0 Å². The molecule has 0 unspecified atom stereocenters. The van der Waals surface area contributed by atoms with E-state index in [1.54, 1.807) is 24.3 Å². The maximum absolute atomic E-state index is 13.5. The summed E-state index contributed by atoms with van der Waals surface area (Å²) in [4.78, 5) is 22.5. The van der Waals surface area contributed by atoms with Gasteiger partial charge in [0.1, 0.15) is 17.5 Å². The molecular formula is C17H14F2N2O3. The van der Waals surface area contributed by atoms with Gasteiger partial charge in [0.2, 0.25) is 0 Å². The zero-order valence-corrected chi connectivity index (χ0v) is 12.4. The van der Waals surface area contributed by atoms with Gasteiger partial charge in [0.15, 0.2) is 5.78 Å². The van der Waals surface area contributed by atoms with Gasteiger partial charge in [0.05, 0.1) is 12.0 Å². The van der Waals surface area contributed by atoms with Crippen LogP contribution in [0.4, 0.5) is 14.5 Å². The molecule has 0 atom stereocenters. The molecule has 2 aromatic rings. The number of carboxylic acid groups (broad SMARTS) is 1. The summed E-state index contributed by atoms with van der Waals surface area (Å²) < 4.78 is 26.4. The maximum Gasteiger partial charge on any atom is 0.307 e. The highest BCUT2D eigenvalue weighted by atomic mass is 19.1. The number of nitrogens with one attached hydrogen (secondary N) is 1. The molecular weight excluding hydrogens is 318 g/mol. The van der Waals surface area contributed by atoms with E-state index in [-0.39, 0.29) is 17.8 Å². The third kappa shape index (κ3) is 4.64. The van der Waals surface area contributed by atoms with Crippen LogP contribution in [0.1, 0.15) is 15.9 Å². The number of hydrogen-bond donors (Lipinski definition) is 3. The van der Waals surface area contributed by atoms with Gasteiger partial charge in [0.25, 0.3) is 0 Å². The molecule has 0 fully saturated rings. The van der Waals surface area contributed by atoms with Gasteiger partial charge in [-0.25, -0.2) is 8.78 Å². The first-order valence-electron chi connectivity index (χ1n) is 6.89. The Bertz CT molecular complexity index is 802. The molecule has 2 rings (SSSR count). The lowest BCUT2D eigenvalue weighted by Gasteiger charge is -2.07. The Morgan fingerprint density at radius 3 is 2.38 bits per heavy atom. The van der Waals surface area contributed by atoms with Crippen molar-refractivity contribution in [1.29, 1.82) is 0 Å². The molecule has 0 aromatic heterocycles. The minimum absolute atomic E-state index is 0.0327. The van der Waals surface area contributed by atoms with Crippen molar-refractivity contribution >= 4 is 17.4 Å². The smallest absolute Gasteiger partial charge is 0.307 e. The number of ketones is 1. The van der Waals surface area contributed by atoms with Crippen LogP contribution in [0.2, 0.25) is 0 Å². The lowest BCUT2D eigenvalue weighted by Crippen LogP contribution is -2.12. The van der Waals surface area contributed by atoms with Gasteiger partial charge in [0, 0.05) is 17.8 Å². The fourth-order valence-corrected chi connectivity index (χ4v) is 1.99. The van der Waals surface area contributed by atoms with Gasteiger partial charge in [-0.2, -0.15) is 0 Å². The zero-order valence-electron chi connectivity index (χ0n) is 12.4. The zero-order chi connectivity index (χ0) is 17.7. The Morgan fingerprint density at radius 1 is 1.12 bits per heavy atom. The largest absolute Gasteiger partial charge is 0.481 e. The number of anilines is 1. The molecule has 0 aliphatic rings. The second-order valence-corrected chi connectivity index (χ2v) is 4.98. The summed E-state index contributed by atoms with van der Waals surface area (Å²) in [5, 5.41) is 11.4. The maximum atomic E-state index is 13.5. The number of aliphatic carboxylic acids is 1. The molecule has 5 nitrogen and oxygen atoms in total. The van der Waals surface area contributed by atoms with Gasteiger partial charge >= 0.3 is 5.97 Å². The monoisotopic (exact) mass is 332 g/mol. The summed E-state index contributed by atoms with van der Waals surface area (Å²) in [7, 11) is 0. The second-order valence-electron chi connectivity index (χ2n) is 4.98. The van der Waals surface area contributed by atoms with Gasteiger partial charge in [-0.3, -0.25) is 9.59 Å². The number of carbonyl (C=O) groups excluding carboxylic acids is 1. The molecule has 0 radical (unpaired) electrons. The lowest BCUT2D eigenvalue weighted by atomic mass is 10.1. The third-order valence-electron chi connectivity index (χ3n) is 3.08. The number of rotatable bonds is 6. The minimum Gasteiger partial charge on any atom is -0.481 e. The van der Waals surface area contributed by atoms with E-state index in [1.165, 1.54) is 0 Å². The number of carboxylic acids is 1. The molecule has 24 heavy (non-hydrogen) atoms. The Balaban J connectivity index is 2.08. The molecule has 0 aliphatic heterocycles. The summed E-state index contributed by atoms with van der Waals surface area (Å²) in [6, 6.07) is 9.04. The molecule has 0 saturated heterocycles. The van der Waals surface area contributed by atoms with Crippen molar-refractivity contribution in [3.8, 4) is 0 Å². The predicted octanol–water partition coefficient (Wildman–Crippen LogP) is 2.69. The molecule has 0 spiro atoms. The standard InChI is InChI=1S/C17H14F2N2O3/c18-11-3-6-13(14(19)8-11)15(22)9-16(20)21-12-4-1-10(2-5-12)7-17(23)24/h1-6,8-9,21H,7,20H2,(H,23,24)/b16-9-. The summed E-state index contributed by atoms with van der Waals surface area (Å²) in [5.74, 6) is -3.43. The van der Waals surface area contributed by atoms with E-state index >= 15 is 0 Å². The van der Waals surface area contributed by atoms with E-state index in [9.17, 15) is 18.4 Å². The topological polar surface area (TPSA) is 92.4 Å². The van der Waals surface area contributed by atoms with Gasteiger partial charge in [-0.05, 0) is 29.8 Å². The fourth-order valence-electron chi connectivity index (χ4n) is 1.99. The third-order valence-corrected chi connectivity index (χ3v) is 3.08. The molecule has 4 N–H and O–H groups in total. The van der Waals surface area contributed by atoms with E-state index in [1.807, 2.05) is 0 Å². The number of benzene rings is 2. The van der Waals surface area contributed by atoms with Gasteiger partial charge in [-0.15, -0.1) is 0 Å².